The minimum Gasteiger partial charge on any atom is -0.477 e. The summed E-state index contributed by atoms with van der Waals surface area (Å²) >= 11 is 1.67. The van der Waals surface area contributed by atoms with E-state index in [4.69, 9.17) is 4.74 Å². The molecule has 0 saturated carbocycles. The minimum absolute atomic E-state index is 0.642. The Hall–Kier alpha value is -1.46. The largest absolute Gasteiger partial charge is 0.477 e. The van der Waals surface area contributed by atoms with Crippen molar-refractivity contribution in [2.24, 2.45) is 5.92 Å². The first-order valence-corrected chi connectivity index (χ1v) is 7.97. The number of hydrogen-bond acceptors (Lipinski definition) is 5. The number of aromatic nitrogens is 2. The number of pyridine rings is 1. The van der Waals surface area contributed by atoms with E-state index in [2.05, 4.69) is 20.2 Å². The average molecular weight is 289 g/mol. The second-order valence-electron chi connectivity index (χ2n) is 5.18. The number of ether oxygens (including phenoxy) is 1. The third-order valence-electron chi connectivity index (χ3n) is 3.68. The van der Waals surface area contributed by atoms with E-state index in [1.807, 2.05) is 23.7 Å². The molecule has 0 bridgehead atoms. The molecule has 1 saturated heterocycles. The first-order chi connectivity index (χ1) is 9.90. The smallest absolute Gasteiger partial charge is 0.213 e. The number of rotatable bonds is 5. The molecule has 0 unspecified atom stereocenters. The van der Waals surface area contributed by atoms with E-state index in [0.29, 0.717) is 5.92 Å². The van der Waals surface area contributed by atoms with Gasteiger partial charge in [-0.25, -0.2) is 9.97 Å². The van der Waals surface area contributed by atoms with E-state index in [9.17, 15) is 0 Å². The highest BCUT2D eigenvalue weighted by molar-refractivity contribution is 7.07. The zero-order chi connectivity index (χ0) is 13.6. The molecule has 0 N–H and O–H groups in total. The van der Waals surface area contributed by atoms with E-state index < -0.39 is 0 Å². The second-order valence-corrected chi connectivity index (χ2v) is 5.90. The summed E-state index contributed by atoms with van der Waals surface area (Å²) in [5, 5.41) is 2.14. The summed E-state index contributed by atoms with van der Waals surface area (Å²) in [4.78, 5) is 11.0. The molecule has 0 atom stereocenters. The van der Waals surface area contributed by atoms with Gasteiger partial charge in [-0.05, 0) is 37.9 Å². The van der Waals surface area contributed by atoms with Crippen molar-refractivity contribution in [3.05, 3.63) is 41.0 Å². The van der Waals surface area contributed by atoms with Crippen molar-refractivity contribution < 1.29 is 4.74 Å². The summed E-state index contributed by atoms with van der Waals surface area (Å²) < 4.78 is 5.75. The lowest BCUT2D eigenvalue weighted by molar-refractivity contribution is 0.134. The van der Waals surface area contributed by atoms with Crippen LogP contribution >= 0.6 is 11.3 Å². The van der Waals surface area contributed by atoms with E-state index in [1.54, 1.807) is 17.5 Å². The Kier molecular flexibility index (Phi) is 4.61. The Morgan fingerprint density at radius 3 is 2.85 bits per heavy atom. The molecular weight excluding hydrogens is 270 g/mol. The maximum atomic E-state index is 5.75. The van der Waals surface area contributed by atoms with Crippen LogP contribution in [0.4, 0.5) is 0 Å². The molecule has 2 aromatic rings. The summed E-state index contributed by atoms with van der Waals surface area (Å²) in [5.41, 5.74) is 3.10. The van der Waals surface area contributed by atoms with E-state index in [0.717, 1.165) is 32.1 Å². The Labute approximate surface area is 123 Å². The van der Waals surface area contributed by atoms with Gasteiger partial charge in [0, 0.05) is 24.2 Å². The molecule has 5 heteroatoms. The van der Waals surface area contributed by atoms with Crippen LogP contribution in [-0.2, 0) is 6.54 Å². The zero-order valence-electron chi connectivity index (χ0n) is 11.4. The molecule has 1 aliphatic heterocycles. The Bertz CT molecular complexity index is 495. The minimum atomic E-state index is 0.642. The van der Waals surface area contributed by atoms with Crippen LogP contribution in [0.25, 0.3) is 0 Å². The molecule has 0 aliphatic carbocycles. The lowest BCUT2D eigenvalue weighted by atomic mass is 9.98. The number of thiazole rings is 1. The molecule has 0 amide bonds. The summed E-state index contributed by atoms with van der Waals surface area (Å²) in [5.74, 6) is 1.38. The zero-order valence-corrected chi connectivity index (χ0v) is 12.3. The number of piperidine rings is 1. The van der Waals surface area contributed by atoms with E-state index in [1.165, 1.54) is 18.5 Å². The van der Waals surface area contributed by atoms with Gasteiger partial charge in [-0.2, -0.15) is 0 Å². The summed E-state index contributed by atoms with van der Waals surface area (Å²) in [6, 6.07) is 5.78. The molecule has 4 nitrogen and oxygen atoms in total. The van der Waals surface area contributed by atoms with Gasteiger partial charge >= 0.3 is 0 Å². The lowest BCUT2D eigenvalue weighted by Crippen LogP contribution is -2.35. The molecule has 1 fully saturated rings. The summed E-state index contributed by atoms with van der Waals surface area (Å²) in [7, 11) is 0. The molecule has 3 rings (SSSR count). The van der Waals surface area contributed by atoms with E-state index in [-0.39, 0.29) is 0 Å². The van der Waals surface area contributed by atoms with Gasteiger partial charge in [0.15, 0.2) is 0 Å². The quantitative estimate of drug-likeness (QED) is 0.848. The predicted molar refractivity (Wildman–Crippen MR) is 79.8 cm³/mol. The topological polar surface area (TPSA) is 38.2 Å². The number of likely N-dealkylation sites (tertiary alicyclic amines) is 1. The maximum absolute atomic E-state index is 5.75. The van der Waals surface area contributed by atoms with Gasteiger partial charge in [-0.1, -0.05) is 6.07 Å². The third kappa shape index (κ3) is 3.77. The molecule has 3 heterocycles. The standard InChI is InChI=1S/C15H19N3OS/c1-2-6-16-15(3-1)19-10-13-4-7-18(8-5-13)9-14-11-20-12-17-14/h1-3,6,11-13H,4-5,7-10H2. The molecule has 0 spiro atoms. The molecule has 0 aromatic carbocycles. The van der Waals surface area contributed by atoms with Crippen molar-refractivity contribution in [1.29, 1.82) is 0 Å². The monoisotopic (exact) mass is 289 g/mol. The first-order valence-electron chi connectivity index (χ1n) is 7.03. The molecule has 106 valence electrons. The van der Waals surface area contributed by atoms with Gasteiger partial charge in [0.2, 0.25) is 5.88 Å². The van der Waals surface area contributed by atoms with Crippen molar-refractivity contribution in [3.8, 4) is 5.88 Å². The van der Waals surface area contributed by atoms with Crippen LogP contribution in [0.5, 0.6) is 5.88 Å². The van der Waals surface area contributed by atoms with Crippen molar-refractivity contribution in [3.63, 3.8) is 0 Å². The van der Waals surface area contributed by atoms with Crippen LogP contribution in [0.2, 0.25) is 0 Å². The number of nitrogens with zero attached hydrogens (tertiary/aromatic N) is 3. The molecule has 1 aliphatic rings. The van der Waals surface area contributed by atoms with Crippen LogP contribution in [0, 0.1) is 5.92 Å². The van der Waals surface area contributed by atoms with Gasteiger partial charge in [-0.3, -0.25) is 4.90 Å². The maximum Gasteiger partial charge on any atom is 0.213 e. The predicted octanol–water partition coefficient (Wildman–Crippen LogP) is 2.83. The van der Waals surface area contributed by atoms with Gasteiger partial charge in [-0.15, -0.1) is 11.3 Å². The Balaban J connectivity index is 1.40. The second kappa shape index (κ2) is 6.81. The fraction of sp³-hybridized carbons (Fsp3) is 0.467. The van der Waals surface area contributed by atoms with Crippen molar-refractivity contribution in [2.45, 2.75) is 19.4 Å². The summed E-state index contributed by atoms with van der Waals surface area (Å²) in [6.45, 7) is 4.03. The molecular formula is C15H19N3OS. The van der Waals surface area contributed by atoms with Crippen LogP contribution in [-0.4, -0.2) is 34.6 Å². The van der Waals surface area contributed by atoms with Crippen molar-refractivity contribution in [2.75, 3.05) is 19.7 Å². The third-order valence-corrected chi connectivity index (χ3v) is 4.32. The van der Waals surface area contributed by atoms with Crippen LogP contribution < -0.4 is 4.74 Å². The Morgan fingerprint density at radius 2 is 2.15 bits per heavy atom. The Morgan fingerprint density at radius 1 is 1.25 bits per heavy atom. The van der Waals surface area contributed by atoms with E-state index >= 15 is 0 Å². The highest BCUT2D eigenvalue weighted by Gasteiger charge is 2.20. The van der Waals surface area contributed by atoms with Crippen LogP contribution in [0.1, 0.15) is 18.5 Å². The van der Waals surface area contributed by atoms with Gasteiger partial charge in [0.25, 0.3) is 0 Å². The fourth-order valence-corrected chi connectivity index (χ4v) is 3.04. The first kappa shape index (κ1) is 13.5. The highest BCUT2D eigenvalue weighted by Crippen LogP contribution is 2.20. The fourth-order valence-electron chi connectivity index (χ4n) is 2.49. The normalized spacial score (nSPS) is 17.2. The average Bonchev–Trinajstić information content (AvgIpc) is 3.01. The molecule has 0 radical (unpaired) electrons. The van der Waals surface area contributed by atoms with Gasteiger partial charge in [0.05, 0.1) is 17.8 Å². The molecule has 2 aromatic heterocycles. The molecule has 20 heavy (non-hydrogen) atoms. The van der Waals surface area contributed by atoms with Crippen molar-refractivity contribution >= 4 is 11.3 Å². The SMILES string of the molecule is c1ccc(OCC2CCN(Cc3cscn3)CC2)nc1. The lowest BCUT2D eigenvalue weighted by Gasteiger charge is -2.31. The van der Waals surface area contributed by atoms with Crippen LogP contribution in [0.3, 0.4) is 0 Å². The van der Waals surface area contributed by atoms with Gasteiger partial charge in [0.1, 0.15) is 0 Å². The van der Waals surface area contributed by atoms with Crippen molar-refractivity contribution in [1.82, 2.24) is 14.9 Å². The number of hydrogen-bond donors (Lipinski definition) is 0. The van der Waals surface area contributed by atoms with Gasteiger partial charge < -0.3 is 4.74 Å². The summed E-state index contributed by atoms with van der Waals surface area (Å²) in [6.07, 6.45) is 4.15. The van der Waals surface area contributed by atoms with Crippen LogP contribution in [0.15, 0.2) is 35.3 Å². The highest BCUT2D eigenvalue weighted by atomic mass is 32.1.